The minimum atomic E-state index is -0.818. The summed E-state index contributed by atoms with van der Waals surface area (Å²) < 4.78 is 11.4. The van der Waals surface area contributed by atoms with E-state index in [0.717, 1.165) is 48.6 Å². The van der Waals surface area contributed by atoms with Gasteiger partial charge in [-0.05, 0) is 55.5 Å². The van der Waals surface area contributed by atoms with Gasteiger partial charge in [0.25, 0.3) is 0 Å². The Hall–Kier alpha value is -3.47. The third kappa shape index (κ3) is 5.98. The molecular weight excluding hydrogens is 484 g/mol. The van der Waals surface area contributed by atoms with Gasteiger partial charge >= 0.3 is 12.1 Å². The average Bonchev–Trinajstić information content (AvgIpc) is 3.52. The SMILES string of the molecule is Cc1cc(CN2CCN[C@@H](C)C2)c(C)c(Nc2nnc([C@@H]3[C@H](O)CCN3C(=O)OCc3ccccc3)o2)c1. The van der Waals surface area contributed by atoms with Gasteiger partial charge in [-0.25, -0.2) is 4.79 Å². The van der Waals surface area contributed by atoms with E-state index in [-0.39, 0.29) is 18.5 Å². The first kappa shape index (κ1) is 26.1. The van der Waals surface area contributed by atoms with Crippen LogP contribution in [0.25, 0.3) is 0 Å². The minimum Gasteiger partial charge on any atom is -0.445 e. The first-order valence-corrected chi connectivity index (χ1v) is 13.2. The Morgan fingerprint density at radius 1 is 1.21 bits per heavy atom. The van der Waals surface area contributed by atoms with Crippen LogP contribution in [-0.2, 0) is 17.9 Å². The van der Waals surface area contributed by atoms with Gasteiger partial charge in [0.05, 0.1) is 6.10 Å². The Bertz CT molecular complexity index is 1250. The van der Waals surface area contributed by atoms with Gasteiger partial charge in [0.2, 0.25) is 5.89 Å². The van der Waals surface area contributed by atoms with Gasteiger partial charge in [0.15, 0.2) is 0 Å². The number of ether oxygens (including phenoxy) is 1. The number of aryl methyl sites for hydroxylation is 1. The summed E-state index contributed by atoms with van der Waals surface area (Å²) in [5, 5.41) is 25.7. The van der Waals surface area contributed by atoms with Gasteiger partial charge in [-0.15, -0.1) is 5.10 Å². The zero-order valence-electron chi connectivity index (χ0n) is 22.2. The number of rotatable bonds is 7. The number of benzene rings is 2. The fourth-order valence-electron chi connectivity index (χ4n) is 5.23. The molecule has 0 unspecified atom stereocenters. The summed E-state index contributed by atoms with van der Waals surface area (Å²) in [6.45, 7) is 10.8. The van der Waals surface area contributed by atoms with Crippen molar-refractivity contribution in [1.29, 1.82) is 0 Å². The van der Waals surface area contributed by atoms with E-state index in [1.165, 1.54) is 10.5 Å². The van der Waals surface area contributed by atoms with Gasteiger partial charge in [0.1, 0.15) is 12.6 Å². The summed E-state index contributed by atoms with van der Waals surface area (Å²) in [7, 11) is 0. The van der Waals surface area contributed by atoms with Crippen molar-refractivity contribution in [1.82, 2.24) is 25.3 Å². The van der Waals surface area contributed by atoms with Crippen molar-refractivity contribution in [3.63, 3.8) is 0 Å². The van der Waals surface area contributed by atoms with Crippen LogP contribution in [0.1, 0.15) is 47.5 Å². The maximum Gasteiger partial charge on any atom is 0.410 e. The first-order valence-electron chi connectivity index (χ1n) is 13.2. The van der Waals surface area contributed by atoms with Gasteiger partial charge in [-0.2, -0.15) is 0 Å². The number of aliphatic hydroxyl groups is 1. The van der Waals surface area contributed by atoms with Crippen LogP contribution in [0.4, 0.5) is 16.5 Å². The molecule has 2 aliphatic rings. The Balaban J connectivity index is 1.27. The monoisotopic (exact) mass is 520 g/mol. The molecule has 2 aromatic carbocycles. The number of hydrogen-bond donors (Lipinski definition) is 3. The molecule has 0 bridgehead atoms. The number of anilines is 2. The van der Waals surface area contributed by atoms with Crippen molar-refractivity contribution >= 4 is 17.8 Å². The largest absolute Gasteiger partial charge is 0.445 e. The predicted octanol–water partition coefficient (Wildman–Crippen LogP) is 3.67. The molecule has 5 rings (SSSR count). The quantitative estimate of drug-likeness (QED) is 0.429. The number of aromatic nitrogens is 2. The lowest BCUT2D eigenvalue weighted by molar-refractivity contribution is 0.0629. The van der Waals surface area contributed by atoms with Gasteiger partial charge < -0.3 is 24.9 Å². The highest BCUT2D eigenvalue weighted by Gasteiger charge is 2.41. The van der Waals surface area contributed by atoms with E-state index in [0.29, 0.717) is 19.0 Å². The Kier molecular flexibility index (Phi) is 7.92. The number of amides is 1. The van der Waals surface area contributed by atoms with Crippen molar-refractivity contribution in [2.24, 2.45) is 0 Å². The summed E-state index contributed by atoms with van der Waals surface area (Å²) in [5.74, 6) is 0.175. The van der Waals surface area contributed by atoms with Crippen LogP contribution in [0.5, 0.6) is 0 Å². The van der Waals surface area contributed by atoms with Crippen LogP contribution in [0.2, 0.25) is 0 Å². The fraction of sp³-hybridized carbons (Fsp3) is 0.464. The maximum atomic E-state index is 12.8. The number of carbonyl (C=O) groups excluding carboxylic acids is 1. The lowest BCUT2D eigenvalue weighted by Gasteiger charge is -2.32. The summed E-state index contributed by atoms with van der Waals surface area (Å²) in [6, 6.07) is 13.7. The maximum absolute atomic E-state index is 12.8. The lowest BCUT2D eigenvalue weighted by atomic mass is 10.0. The van der Waals surface area contributed by atoms with E-state index in [9.17, 15) is 9.90 Å². The highest BCUT2D eigenvalue weighted by atomic mass is 16.6. The van der Waals surface area contributed by atoms with E-state index in [2.05, 4.69) is 58.6 Å². The molecule has 202 valence electrons. The summed E-state index contributed by atoms with van der Waals surface area (Å²) in [5.41, 5.74) is 5.29. The van der Waals surface area contributed by atoms with Crippen LogP contribution in [-0.4, -0.2) is 69.5 Å². The Morgan fingerprint density at radius 2 is 2.03 bits per heavy atom. The van der Waals surface area contributed by atoms with E-state index < -0.39 is 18.2 Å². The predicted molar refractivity (Wildman–Crippen MR) is 143 cm³/mol. The molecule has 10 heteroatoms. The fourth-order valence-corrected chi connectivity index (χ4v) is 5.23. The van der Waals surface area contributed by atoms with Crippen molar-refractivity contribution in [2.75, 3.05) is 31.5 Å². The molecule has 3 atom stereocenters. The van der Waals surface area contributed by atoms with Crippen LogP contribution in [0.3, 0.4) is 0 Å². The molecule has 10 nitrogen and oxygen atoms in total. The molecule has 0 radical (unpaired) electrons. The molecule has 38 heavy (non-hydrogen) atoms. The number of likely N-dealkylation sites (tertiary alicyclic amines) is 1. The molecule has 1 amide bonds. The third-order valence-electron chi connectivity index (χ3n) is 7.25. The molecule has 0 spiro atoms. The van der Waals surface area contributed by atoms with E-state index in [4.69, 9.17) is 9.15 Å². The van der Waals surface area contributed by atoms with E-state index in [1.807, 2.05) is 30.3 Å². The zero-order chi connectivity index (χ0) is 26.6. The molecule has 2 saturated heterocycles. The van der Waals surface area contributed by atoms with Gasteiger partial charge in [-0.3, -0.25) is 9.80 Å². The molecule has 3 N–H and O–H groups in total. The minimum absolute atomic E-state index is 0.150. The standard InChI is InChI=1S/C28H36N6O4/c1-18-13-22(16-33-12-10-29-19(2)15-33)20(3)23(14-18)30-27-32-31-26(38-27)25-24(35)9-11-34(25)28(36)37-17-21-7-5-4-6-8-21/h4-8,13-14,19,24-25,29,35H,9-12,15-17H2,1-3H3,(H,30,32)/t19-,24+,25-/m0/s1. The van der Waals surface area contributed by atoms with Crippen LogP contribution >= 0.6 is 0 Å². The Labute approximate surface area is 223 Å². The number of nitrogens with zero attached hydrogens (tertiary/aromatic N) is 4. The highest BCUT2D eigenvalue weighted by molar-refractivity contribution is 5.69. The molecule has 3 heterocycles. The van der Waals surface area contributed by atoms with Crippen LogP contribution < -0.4 is 10.6 Å². The summed E-state index contributed by atoms with van der Waals surface area (Å²) >= 11 is 0. The molecule has 2 aliphatic heterocycles. The topological polar surface area (TPSA) is 116 Å². The number of carbonyl (C=O) groups is 1. The number of aliphatic hydroxyl groups excluding tert-OH is 1. The first-order chi connectivity index (χ1) is 18.4. The van der Waals surface area contributed by atoms with Crippen molar-refractivity contribution in [3.8, 4) is 0 Å². The molecule has 3 aromatic rings. The lowest BCUT2D eigenvalue weighted by Crippen LogP contribution is -2.48. The second kappa shape index (κ2) is 11.5. The second-order valence-electron chi connectivity index (χ2n) is 10.3. The Morgan fingerprint density at radius 3 is 2.82 bits per heavy atom. The molecule has 1 aromatic heterocycles. The summed E-state index contributed by atoms with van der Waals surface area (Å²) in [4.78, 5) is 16.7. The van der Waals surface area contributed by atoms with Crippen molar-refractivity contribution < 1.29 is 19.1 Å². The van der Waals surface area contributed by atoms with Gasteiger partial charge in [0, 0.05) is 44.5 Å². The normalized spacial score (nSPS) is 22.0. The van der Waals surface area contributed by atoms with Crippen molar-refractivity contribution in [2.45, 2.75) is 58.5 Å². The van der Waals surface area contributed by atoms with E-state index in [1.54, 1.807) is 0 Å². The van der Waals surface area contributed by atoms with Crippen LogP contribution in [0, 0.1) is 13.8 Å². The third-order valence-corrected chi connectivity index (χ3v) is 7.25. The highest BCUT2D eigenvalue weighted by Crippen LogP contribution is 2.34. The number of piperazine rings is 1. The smallest absolute Gasteiger partial charge is 0.410 e. The summed E-state index contributed by atoms with van der Waals surface area (Å²) in [6.07, 6.45) is -0.938. The van der Waals surface area contributed by atoms with Crippen molar-refractivity contribution in [3.05, 3.63) is 70.6 Å². The number of hydrogen-bond acceptors (Lipinski definition) is 9. The molecule has 0 saturated carbocycles. The number of nitrogens with one attached hydrogen (secondary N) is 2. The zero-order valence-corrected chi connectivity index (χ0v) is 22.2. The molecular formula is C28H36N6O4. The van der Waals surface area contributed by atoms with Gasteiger partial charge in [-0.1, -0.05) is 41.5 Å². The van der Waals surface area contributed by atoms with E-state index >= 15 is 0 Å². The van der Waals surface area contributed by atoms with Crippen LogP contribution in [0.15, 0.2) is 46.9 Å². The molecule has 0 aliphatic carbocycles. The molecule has 2 fully saturated rings. The second-order valence-corrected chi connectivity index (χ2v) is 10.3. The average molecular weight is 521 g/mol.